The van der Waals surface area contributed by atoms with Crippen LogP contribution in [-0.2, 0) is 24.3 Å². The minimum atomic E-state index is 0.0196. The number of benzene rings is 2. The summed E-state index contributed by atoms with van der Waals surface area (Å²) in [6.45, 7) is 3.86. The molecule has 0 saturated carbocycles. The van der Waals surface area contributed by atoms with Gasteiger partial charge < -0.3 is 5.32 Å². The molecule has 0 bridgehead atoms. The lowest BCUT2D eigenvalue weighted by Crippen LogP contribution is -2.26. The van der Waals surface area contributed by atoms with Crippen LogP contribution in [-0.4, -0.2) is 44.1 Å². The van der Waals surface area contributed by atoms with E-state index in [-0.39, 0.29) is 5.91 Å². The molecule has 0 atom stereocenters. The number of nitrogens with zero attached hydrogens (tertiary/aromatic N) is 5. The zero-order valence-electron chi connectivity index (χ0n) is 15.8. The molecule has 28 heavy (non-hydrogen) atoms. The second kappa shape index (κ2) is 8.75. The van der Waals surface area contributed by atoms with Gasteiger partial charge in [-0.2, -0.15) is 0 Å². The van der Waals surface area contributed by atoms with Gasteiger partial charge in [-0.05, 0) is 65.2 Å². The van der Waals surface area contributed by atoms with Crippen LogP contribution < -0.4 is 5.32 Å². The van der Waals surface area contributed by atoms with Crippen LogP contribution in [0.25, 0.3) is 5.69 Å². The van der Waals surface area contributed by atoms with Crippen LogP contribution in [0.3, 0.4) is 0 Å². The topological polar surface area (TPSA) is 75.9 Å². The highest BCUT2D eigenvalue weighted by molar-refractivity contribution is 5.78. The van der Waals surface area contributed by atoms with Gasteiger partial charge >= 0.3 is 0 Å². The highest BCUT2D eigenvalue weighted by Crippen LogP contribution is 2.16. The summed E-state index contributed by atoms with van der Waals surface area (Å²) in [5.74, 6) is 0.0196. The number of hydrogen-bond donors (Lipinski definition) is 1. The van der Waals surface area contributed by atoms with Crippen LogP contribution >= 0.6 is 0 Å². The van der Waals surface area contributed by atoms with Crippen LogP contribution in [0.4, 0.5) is 0 Å². The molecule has 1 aliphatic rings. The fourth-order valence-electron chi connectivity index (χ4n) is 3.55. The number of aromatic nitrogens is 4. The third-order valence-electron chi connectivity index (χ3n) is 5.10. The second-order valence-corrected chi connectivity index (χ2v) is 7.13. The molecule has 1 saturated heterocycles. The number of hydrogen-bond acceptors (Lipinski definition) is 5. The van der Waals surface area contributed by atoms with Gasteiger partial charge in [0.1, 0.15) is 6.33 Å². The summed E-state index contributed by atoms with van der Waals surface area (Å²) in [4.78, 5) is 14.9. The van der Waals surface area contributed by atoms with E-state index in [1.807, 2.05) is 30.3 Å². The van der Waals surface area contributed by atoms with Gasteiger partial charge in [0, 0.05) is 13.1 Å². The molecule has 3 aromatic rings. The van der Waals surface area contributed by atoms with E-state index >= 15 is 0 Å². The van der Waals surface area contributed by atoms with Gasteiger partial charge in [0.05, 0.1) is 12.1 Å². The van der Waals surface area contributed by atoms with E-state index in [2.05, 4.69) is 43.9 Å². The zero-order valence-corrected chi connectivity index (χ0v) is 15.8. The highest BCUT2D eigenvalue weighted by Gasteiger charge is 2.14. The van der Waals surface area contributed by atoms with Crippen LogP contribution in [0.15, 0.2) is 54.9 Å². The fraction of sp³-hybridized carbons (Fsp3) is 0.333. The first kappa shape index (κ1) is 18.3. The summed E-state index contributed by atoms with van der Waals surface area (Å²) in [6.07, 6.45) is 4.46. The number of rotatable bonds is 7. The van der Waals surface area contributed by atoms with Gasteiger partial charge in [-0.1, -0.05) is 36.4 Å². The van der Waals surface area contributed by atoms with E-state index in [9.17, 15) is 4.79 Å². The maximum Gasteiger partial charge on any atom is 0.224 e. The van der Waals surface area contributed by atoms with Crippen molar-refractivity contribution in [2.24, 2.45) is 0 Å². The Morgan fingerprint density at radius 2 is 1.75 bits per heavy atom. The van der Waals surface area contributed by atoms with Gasteiger partial charge in [-0.25, -0.2) is 4.68 Å². The first-order chi connectivity index (χ1) is 13.8. The lowest BCUT2D eigenvalue weighted by Gasteiger charge is -2.17. The van der Waals surface area contributed by atoms with E-state index in [0.29, 0.717) is 13.0 Å². The molecule has 2 heterocycles. The van der Waals surface area contributed by atoms with Gasteiger partial charge in [-0.3, -0.25) is 9.69 Å². The van der Waals surface area contributed by atoms with Crippen molar-refractivity contribution in [1.29, 1.82) is 0 Å². The smallest absolute Gasteiger partial charge is 0.224 e. The van der Waals surface area contributed by atoms with Crippen molar-refractivity contribution < 1.29 is 4.79 Å². The maximum atomic E-state index is 12.4. The standard InChI is InChI=1S/C21H24N6O/c28-21(13-17-7-9-20(10-8-17)27-16-23-24-25-27)22-14-18-5-1-2-6-19(18)15-26-11-3-4-12-26/h1-2,5-10,16H,3-4,11-15H2,(H,22,28). The normalized spacial score (nSPS) is 14.3. The molecule has 7 nitrogen and oxygen atoms in total. The van der Waals surface area contributed by atoms with Crippen molar-refractivity contribution in [2.75, 3.05) is 13.1 Å². The minimum Gasteiger partial charge on any atom is -0.352 e. The van der Waals surface area contributed by atoms with Crippen LogP contribution in [0.5, 0.6) is 0 Å². The van der Waals surface area contributed by atoms with Crippen molar-refractivity contribution in [2.45, 2.75) is 32.4 Å². The van der Waals surface area contributed by atoms with E-state index in [1.54, 1.807) is 11.0 Å². The van der Waals surface area contributed by atoms with Crippen molar-refractivity contribution in [3.05, 3.63) is 71.5 Å². The van der Waals surface area contributed by atoms with Gasteiger partial charge in [0.2, 0.25) is 5.91 Å². The minimum absolute atomic E-state index is 0.0196. The van der Waals surface area contributed by atoms with Crippen molar-refractivity contribution in [3.63, 3.8) is 0 Å². The summed E-state index contributed by atoms with van der Waals surface area (Å²) in [6, 6.07) is 16.0. The molecule has 2 aromatic carbocycles. The molecule has 1 N–H and O–H groups in total. The molecular formula is C21H24N6O. The van der Waals surface area contributed by atoms with Gasteiger partial charge in [-0.15, -0.1) is 5.10 Å². The summed E-state index contributed by atoms with van der Waals surface area (Å²) < 4.78 is 1.58. The molecule has 0 unspecified atom stereocenters. The molecule has 1 aliphatic heterocycles. The number of tetrazole rings is 1. The Morgan fingerprint density at radius 1 is 1.00 bits per heavy atom. The largest absolute Gasteiger partial charge is 0.352 e. The molecule has 0 radical (unpaired) electrons. The third kappa shape index (κ3) is 4.61. The van der Waals surface area contributed by atoms with Crippen LogP contribution in [0, 0.1) is 0 Å². The number of amides is 1. The summed E-state index contributed by atoms with van der Waals surface area (Å²) in [5, 5.41) is 14.2. The highest BCUT2D eigenvalue weighted by atomic mass is 16.1. The average Bonchev–Trinajstić information content (AvgIpc) is 3.42. The molecule has 1 amide bonds. The van der Waals surface area contributed by atoms with Crippen LogP contribution in [0.1, 0.15) is 29.5 Å². The second-order valence-electron chi connectivity index (χ2n) is 7.13. The Balaban J connectivity index is 1.32. The van der Waals surface area contributed by atoms with Gasteiger partial charge in [0.25, 0.3) is 0 Å². The molecule has 4 rings (SSSR count). The van der Waals surface area contributed by atoms with Crippen molar-refractivity contribution in [1.82, 2.24) is 30.4 Å². The lowest BCUT2D eigenvalue weighted by molar-refractivity contribution is -0.120. The average molecular weight is 376 g/mol. The van der Waals surface area contributed by atoms with E-state index < -0.39 is 0 Å². The Bertz CT molecular complexity index is 901. The Morgan fingerprint density at radius 3 is 2.46 bits per heavy atom. The molecular weight excluding hydrogens is 352 g/mol. The molecule has 144 valence electrons. The lowest BCUT2D eigenvalue weighted by atomic mass is 10.1. The zero-order chi connectivity index (χ0) is 19.2. The Labute approximate surface area is 164 Å². The Hall–Kier alpha value is -3.06. The molecule has 7 heteroatoms. The summed E-state index contributed by atoms with van der Waals surface area (Å²) in [5.41, 5.74) is 4.32. The molecule has 1 fully saturated rings. The predicted molar refractivity (Wildman–Crippen MR) is 106 cm³/mol. The van der Waals surface area contributed by atoms with E-state index in [1.165, 1.54) is 37.1 Å². The van der Waals surface area contributed by atoms with Crippen molar-refractivity contribution in [3.8, 4) is 5.69 Å². The third-order valence-corrected chi connectivity index (χ3v) is 5.10. The number of likely N-dealkylation sites (tertiary alicyclic amines) is 1. The fourth-order valence-corrected chi connectivity index (χ4v) is 3.55. The predicted octanol–water partition coefficient (Wildman–Crippen LogP) is 2.12. The quantitative estimate of drug-likeness (QED) is 0.684. The first-order valence-electron chi connectivity index (χ1n) is 9.66. The summed E-state index contributed by atoms with van der Waals surface area (Å²) >= 11 is 0. The number of nitrogens with one attached hydrogen (secondary N) is 1. The maximum absolute atomic E-state index is 12.4. The summed E-state index contributed by atoms with van der Waals surface area (Å²) in [7, 11) is 0. The Kier molecular flexibility index (Phi) is 5.72. The first-order valence-corrected chi connectivity index (χ1v) is 9.66. The van der Waals surface area contributed by atoms with E-state index in [4.69, 9.17) is 0 Å². The number of carbonyl (C=O) groups excluding carboxylic acids is 1. The van der Waals surface area contributed by atoms with Crippen LogP contribution in [0.2, 0.25) is 0 Å². The molecule has 0 aliphatic carbocycles. The van der Waals surface area contributed by atoms with Crippen molar-refractivity contribution >= 4 is 5.91 Å². The molecule has 0 spiro atoms. The monoisotopic (exact) mass is 376 g/mol. The van der Waals surface area contributed by atoms with Gasteiger partial charge in [0.15, 0.2) is 0 Å². The van der Waals surface area contributed by atoms with E-state index in [0.717, 1.165) is 17.8 Å². The SMILES string of the molecule is O=C(Cc1ccc(-n2cnnn2)cc1)NCc1ccccc1CN1CCCC1. The molecule has 1 aromatic heterocycles. The number of carbonyl (C=O) groups is 1.